The molecule has 0 atom stereocenters. The highest BCUT2D eigenvalue weighted by Crippen LogP contribution is 2.35. The summed E-state index contributed by atoms with van der Waals surface area (Å²) in [7, 11) is 0. The Kier molecular flexibility index (Phi) is 3.79. The number of hydrogen-bond acceptors (Lipinski definition) is 4. The predicted molar refractivity (Wildman–Crippen MR) is 88.7 cm³/mol. The van der Waals surface area contributed by atoms with Crippen LogP contribution in [0, 0.1) is 0 Å². The van der Waals surface area contributed by atoms with Crippen molar-refractivity contribution in [2.24, 2.45) is 0 Å². The summed E-state index contributed by atoms with van der Waals surface area (Å²) in [5.41, 5.74) is 1.05. The van der Waals surface area contributed by atoms with Crippen molar-refractivity contribution in [1.82, 2.24) is 9.88 Å². The molecule has 2 aromatic rings. The van der Waals surface area contributed by atoms with Gasteiger partial charge in [0.2, 0.25) is 0 Å². The van der Waals surface area contributed by atoms with Gasteiger partial charge in [-0.2, -0.15) is 13.2 Å². The number of amides is 1. The second kappa shape index (κ2) is 5.87. The van der Waals surface area contributed by atoms with Gasteiger partial charge in [-0.15, -0.1) is 11.3 Å². The van der Waals surface area contributed by atoms with E-state index in [0.717, 1.165) is 22.3 Å². The van der Waals surface area contributed by atoms with E-state index in [-0.39, 0.29) is 5.56 Å². The standard InChI is InChI=1S/C17H14F3N3OS/c18-17(19,20)14-4-2-1-3-13(14)15(24)22-7-11-9-23(10-12(11)8-22)16-21-5-6-25-16/h1-6H,7-10H2. The monoisotopic (exact) mass is 365 g/mol. The lowest BCUT2D eigenvalue weighted by atomic mass is 10.1. The maximum absolute atomic E-state index is 13.1. The van der Waals surface area contributed by atoms with E-state index in [2.05, 4.69) is 9.88 Å². The van der Waals surface area contributed by atoms with Crippen molar-refractivity contribution < 1.29 is 18.0 Å². The van der Waals surface area contributed by atoms with E-state index in [1.54, 1.807) is 17.5 Å². The first-order valence-electron chi connectivity index (χ1n) is 7.73. The van der Waals surface area contributed by atoms with Crippen LogP contribution in [-0.2, 0) is 6.18 Å². The molecule has 3 heterocycles. The number of anilines is 1. The molecule has 1 amide bonds. The molecule has 2 aliphatic rings. The summed E-state index contributed by atoms with van der Waals surface area (Å²) in [5, 5.41) is 2.83. The summed E-state index contributed by atoms with van der Waals surface area (Å²) >= 11 is 1.55. The minimum Gasteiger partial charge on any atom is -0.340 e. The number of nitrogens with zero attached hydrogens (tertiary/aromatic N) is 3. The van der Waals surface area contributed by atoms with Crippen molar-refractivity contribution in [2.75, 3.05) is 31.1 Å². The highest BCUT2D eigenvalue weighted by atomic mass is 32.1. The summed E-state index contributed by atoms with van der Waals surface area (Å²) in [4.78, 5) is 20.5. The van der Waals surface area contributed by atoms with E-state index in [1.165, 1.54) is 23.1 Å². The average Bonchev–Trinajstić information content (AvgIpc) is 3.28. The molecule has 0 unspecified atom stereocenters. The van der Waals surface area contributed by atoms with Gasteiger partial charge in [-0.3, -0.25) is 4.79 Å². The lowest BCUT2D eigenvalue weighted by molar-refractivity contribution is -0.138. The highest BCUT2D eigenvalue weighted by Gasteiger charge is 2.38. The Morgan fingerprint density at radius 2 is 1.76 bits per heavy atom. The number of carbonyl (C=O) groups is 1. The number of alkyl halides is 3. The van der Waals surface area contributed by atoms with Crippen LogP contribution in [0.1, 0.15) is 15.9 Å². The molecule has 0 bridgehead atoms. The van der Waals surface area contributed by atoms with Gasteiger partial charge in [0.1, 0.15) is 0 Å². The second-order valence-corrected chi connectivity index (χ2v) is 6.96. The van der Waals surface area contributed by atoms with Gasteiger partial charge in [0, 0.05) is 37.8 Å². The zero-order valence-corrected chi connectivity index (χ0v) is 13.9. The third-order valence-electron chi connectivity index (χ3n) is 4.47. The highest BCUT2D eigenvalue weighted by molar-refractivity contribution is 7.13. The van der Waals surface area contributed by atoms with Gasteiger partial charge >= 0.3 is 6.18 Å². The van der Waals surface area contributed by atoms with Crippen molar-refractivity contribution in [3.05, 3.63) is 58.1 Å². The van der Waals surface area contributed by atoms with Gasteiger partial charge in [0.25, 0.3) is 5.91 Å². The van der Waals surface area contributed by atoms with Gasteiger partial charge in [-0.1, -0.05) is 12.1 Å². The van der Waals surface area contributed by atoms with Crippen LogP contribution in [0.5, 0.6) is 0 Å². The van der Waals surface area contributed by atoms with E-state index in [9.17, 15) is 18.0 Å². The molecule has 0 saturated carbocycles. The lowest BCUT2D eigenvalue weighted by Gasteiger charge is -2.23. The molecule has 4 nitrogen and oxygen atoms in total. The molecule has 1 aromatic carbocycles. The number of halogens is 3. The zero-order chi connectivity index (χ0) is 17.6. The third-order valence-corrected chi connectivity index (χ3v) is 5.30. The van der Waals surface area contributed by atoms with Gasteiger partial charge < -0.3 is 9.80 Å². The number of thiazole rings is 1. The zero-order valence-electron chi connectivity index (χ0n) is 13.1. The van der Waals surface area contributed by atoms with Crippen LogP contribution in [0.2, 0.25) is 0 Å². The normalized spacial score (nSPS) is 17.4. The van der Waals surface area contributed by atoms with Crippen molar-refractivity contribution in [2.45, 2.75) is 6.18 Å². The summed E-state index contributed by atoms with van der Waals surface area (Å²) in [6.07, 6.45) is -2.79. The first kappa shape index (κ1) is 16.1. The molecule has 8 heteroatoms. The van der Waals surface area contributed by atoms with Crippen molar-refractivity contribution in [3.63, 3.8) is 0 Å². The molecule has 2 aliphatic heterocycles. The van der Waals surface area contributed by atoms with Crippen LogP contribution < -0.4 is 4.90 Å². The molecule has 0 N–H and O–H groups in total. The first-order chi connectivity index (χ1) is 11.9. The van der Waals surface area contributed by atoms with Gasteiger partial charge in [0.15, 0.2) is 5.13 Å². The third kappa shape index (κ3) is 2.90. The molecule has 1 aromatic heterocycles. The second-order valence-electron chi connectivity index (χ2n) is 6.08. The molecule has 0 aliphatic carbocycles. The largest absolute Gasteiger partial charge is 0.417 e. The molecule has 4 rings (SSSR count). The molecule has 0 radical (unpaired) electrons. The number of hydrogen-bond donors (Lipinski definition) is 0. The van der Waals surface area contributed by atoms with Crippen molar-refractivity contribution in [3.8, 4) is 0 Å². The maximum Gasteiger partial charge on any atom is 0.417 e. The molecular formula is C17H14F3N3OS. The van der Waals surface area contributed by atoms with Crippen LogP contribution in [0.4, 0.5) is 18.3 Å². The Balaban J connectivity index is 1.49. The number of aromatic nitrogens is 1. The number of carbonyl (C=O) groups excluding carboxylic acids is 1. The number of rotatable bonds is 2. The molecule has 25 heavy (non-hydrogen) atoms. The fourth-order valence-electron chi connectivity index (χ4n) is 3.32. The van der Waals surface area contributed by atoms with E-state index in [4.69, 9.17) is 0 Å². The average molecular weight is 365 g/mol. The minimum atomic E-state index is -4.54. The van der Waals surface area contributed by atoms with E-state index in [1.807, 2.05) is 5.38 Å². The Hall–Kier alpha value is -2.35. The SMILES string of the molecule is O=C(c1ccccc1C(F)(F)F)N1CC2=C(C1)CN(c1nccs1)C2. The lowest BCUT2D eigenvalue weighted by Crippen LogP contribution is -2.35. The van der Waals surface area contributed by atoms with Crippen LogP contribution in [-0.4, -0.2) is 42.0 Å². The molecule has 130 valence electrons. The molecule has 0 spiro atoms. The summed E-state index contributed by atoms with van der Waals surface area (Å²) in [6.45, 7) is 2.10. The summed E-state index contributed by atoms with van der Waals surface area (Å²) < 4.78 is 39.4. The van der Waals surface area contributed by atoms with Gasteiger partial charge in [0.05, 0.1) is 11.1 Å². The van der Waals surface area contributed by atoms with Gasteiger partial charge in [-0.05, 0) is 23.3 Å². The fourth-order valence-corrected chi connectivity index (χ4v) is 3.96. The minimum absolute atomic E-state index is 0.284. The van der Waals surface area contributed by atoms with Gasteiger partial charge in [-0.25, -0.2) is 4.98 Å². The Morgan fingerprint density at radius 3 is 2.36 bits per heavy atom. The fraction of sp³-hybridized carbons (Fsp3) is 0.294. The molecule has 0 saturated heterocycles. The van der Waals surface area contributed by atoms with Crippen LogP contribution in [0.15, 0.2) is 47.0 Å². The van der Waals surface area contributed by atoms with E-state index >= 15 is 0 Å². The maximum atomic E-state index is 13.1. The van der Waals surface area contributed by atoms with E-state index < -0.39 is 17.6 Å². The topological polar surface area (TPSA) is 36.4 Å². The number of benzene rings is 1. The predicted octanol–water partition coefficient (Wildman–Crippen LogP) is 3.43. The smallest absolute Gasteiger partial charge is 0.340 e. The molecule has 0 fully saturated rings. The Labute approximate surface area is 146 Å². The molecular weight excluding hydrogens is 351 g/mol. The van der Waals surface area contributed by atoms with Crippen LogP contribution >= 0.6 is 11.3 Å². The first-order valence-corrected chi connectivity index (χ1v) is 8.61. The summed E-state index contributed by atoms with van der Waals surface area (Å²) in [6, 6.07) is 4.96. The van der Waals surface area contributed by atoms with Crippen LogP contribution in [0.3, 0.4) is 0 Å². The van der Waals surface area contributed by atoms with Crippen molar-refractivity contribution >= 4 is 22.4 Å². The van der Waals surface area contributed by atoms with Crippen molar-refractivity contribution in [1.29, 1.82) is 0 Å². The summed E-state index contributed by atoms with van der Waals surface area (Å²) in [5.74, 6) is -0.567. The van der Waals surface area contributed by atoms with Crippen LogP contribution in [0.25, 0.3) is 0 Å². The Bertz CT molecular complexity index is 827. The Morgan fingerprint density at radius 1 is 1.08 bits per heavy atom. The quantitative estimate of drug-likeness (QED) is 0.765. The van der Waals surface area contributed by atoms with E-state index in [0.29, 0.717) is 26.2 Å².